The fourth-order valence-electron chi connectivity index (χ4n) is 4.37. The molecule has 0 aromatic carbocycles. The summed E-state index contributed by atoms with van der Waals surface area (Å²) >= 11 is 0. The van der Waals surface area contributed by atoms with Crippen LogP contribution >= 0.6 is 0 Å². The molecule has 2 heterocycles. The molecule has 0 radical (unpaired) electrons. The number of hydrogen-bond donors (Lipinski definition) is 1. The van der Waals surface area contributed by atoms with E-state index >= 15 is 0 Å². The van der Waals surface area contributed by atoms with Gasteiger partial charge in [-0.05, 0) is 63.5 Å². The second-order valence-electron chi connectivity index (χ2n) is 6.74. The zero-order valence-electron chi connectivity index (χ0n) is 12.1. The number of rotatable bonds is 3. The largest absolute Gasteiger partial charge is 0.339 e. The first-order valence-corrected chi connectivity index (χ1v) is 8.35. The average molecular weight is 264 g/mol. The van der Waals surface area contributed by atoms with Gasteiger partial charge in [0.05, 0.1) is 0 Å². The van der Waals surface area contributed by atoms with Crippen LogP contribution in [-0.2, 0) is 4.79 Å². The van der Waals surface area contributed by atoms with Gasteiger partial charge in [-0.15, -0.1) is 0 Å². The summed E-state index contributed by atoms with van der Waals surface area (Å²) in [6.07, 6.45) is 11.1. The predicted molar refractivity (Wildman–Crippen MR) is 76.9 cm³/mol. The molecule has 0 aromatic rings. The molecule has 1 saturated carbocycles. The minimum Gasteiger partial charge on any atom is -0.339 e. The van der Waals surface area contributed by atoms with Gasteiger partial charge in [0.15, 0.2) is 0 Å². The zero-order valence-corrected chi connectivity index (χ0v) is 12.1. The summed E-state index contributed by atoms with van der Waals surface area (Å²) in [6.45, 7) is 3.30. The Labute approximate surface area is 117 Å². The molecular weight excluding hydrogens is 236 g/mol. The van der Waals surface area contributed by atoms with Crippen LogP contribution < -0.4 is 5.32 Å². The highest BCUT2D eigenvalue weighted by Gasteiger charge is 2.35. The Bertz CT molecular complexity index is 310. The molecule has 3 atom stereocenters. The van der Waals surface area contributed by atoms with Gasteiger partial charge >= 0.3 is 0 Å². The Kier molecular flexibility index (Phi) is 4.42. The maximum Gasteiger partial charge on any atom is 0.222 e. The average Bonchev–Trinajstić information content (AvgIpc) is 2.97. The van der Waals surface area contributed by atoms with E-state index in [-0.39, 0.29) is 0 Å². The smallest absolute Gasteiger partial charge is 0.222 e. The lowest BCUT2D eigenvalue weighted by atomic mass is 9.78. The highest BCUT2D eigenvalue weighted by atomic mass is 16.2. The molecule has 3 heteroatoms. The molecule has 3 unspecified atom stereocenters. The molecule has 0 aromatic heterocycles. The van der Waals surface area contributed by atoms with E-state index in [0.717, 1.165) is 44.3 Å². The SMILES string of the molecule is O=C(CCC1CCNC1)N1CCCC2CCCCC21. The number of carbonyl (C=O) groups excluding carboxylic acids is 1. The molecule has 1 amide bonds. The van der Waals surface area contributed by atoms with Crippen LogP contribution in [0.3, 0.4) is 0 Å². The Hall–Kier alpha value is -0.570. The first kappa shape index (κ1) is 13.4. The quantitative estimate of drug-likeness (QED) is 0.849. The van der Waals surface area contributed by atoms with Crippen molar-refractivity contribution in [2.24, 2.45) is 11.8 Å². The number of carbonyl (C=O) groups is 1. The number of hydrogen-bond acceptors (Lipinski definition) is 2. The number of amides is 1. The molecule has 3 nitrogen and oxygen atoms in total. The van der Waals surface area contributed by atoms with E-state index in [1.54, 1.807) is 0 Å². The summed E-state index contributed by atoms with van der Waals surface area (Å²) in [5.41, 5.74) is 0. The van der Waals surface area contributed by atoms with Crippen LogP contribution in [0.25, 0.3) is 0 Å². The number of piperidine rings is 1. The van der Waals surface area contributed by atoms with Crippen molar-refractivity contribution in [1.29, 1.82) is 0 Å². The molecule has 1 aliphatic carbocycles. The minimum absolute atomic E-state index is 0.448. The molecule has 0 bridgehead atoms. The summed E-state index contributed by atoms with van der Waals surface area (Å²) in [5.74, 6) is 2.01. The van der Waals surface area contributed by atoms with E-state index < -0.39 is 0 Å². The monoisotopic (exact) mass is 264 g/mol. The molecule has 108 valence electrons. The molecule has 2 aliphatic heterocycles. The summed E-state index contributed by atoms with van der Waals surface area (Å²) in [7, 11) is 0. The van der Waals surface area contributed by atoms with E-state index in [0.29, 0.717) is 11.9 Å². The minimum atomic E-state index is 0.448. The van der Waals surface area contributed by atoms with Crippen molar-refractivity contribution < 1.29 is 4.79 Å². The van der Waals surface area contributed by atoms with E-state index in [1.165, 1.54) is 44.9 Å². The fraction of sp³-hybridized carbons (Fsp3) is 0.938. The van der Waals surface area contributed by atoms with Crippen LogP contribution in [-0.4, -0.2) is 36.5 Å². The molecule has 19 heavy (non-hydrogen) atoms. The van der Waals surface area contributed by atoms with Crippen LogP contribution in [0.5, 0.6) is 0 Å². The normalized spacial score (nSPS) is 35.2. The third-order valence-corrected chi connectivity index (χ3v) is 5.49. The van der Waals surface area contributed by atoms with Gasteiger partial charge in [-0.2, -0.15) is 0 Å². The van der Waals surface area contributed by atoms with Crippen molar-refractivity contribution in [2.75, 3.05) is 19.6 Å². The second kappa shape index (κ2) is 6.25. The van der Waals surface area contributed by atoms with Crippen molar-refractivity contribution >= 4 is 5.91 Å². The lowest BCUT2D eigenvalue weighted by Crippen LogP contribution is -2.49. The maximum atomic E-state index is 12.5. The van der Waals surface area contributed by atoms with Gasteiger partial charge in [0.1, 0.15) is 0 Å². The number of nitrogens with zero attached hydrogens (tertiary/aromatic N) is 1. The van der Waals surface area contributed by atoms with Gasteiger partial charge in [0, 0.05) is 19.0 Å². The van der Waals surface area contributed by atoms with Crippen molar-refractivity contribution in [3.8, 4) is 0 Å². The summed E-state index contributed by atoms with van der Waals surface area (Å²) in [5, 5.41) is 3.40. The number of fused-ring (bicyclic) bond motifs is 1. The standard InChI is InChI=1S/C16H28N2O/c19-16(8-7-13-9-10-17-12-13)18-11-3-5-14-4-1-2-6-15(14)18/h13-15,17H,1-12H2. The summed E-state index contributed by atoms with van der Waals surface area (Å²) in [4.78, 5) is 14.8. The third kappa shape index (κ3) is 3.13. The van der Waals surface area contributed by atoms with Gasteiger partial charge in [-0.3, -0.25) is 4.79 Å². The lowest BCUT2D eigenvalue weighted by molar-refractivity contribution is -0.137. The van der Waals surface area contributed by atoms with Crippen molar-refractivity contribution in [2.45, 2.75) is 63.8 Å². The highest BCUT2D eigenvalue weighted by molar-refractivity contribution is 5.76. The van der Waals surface area contributed by atoms with Crippen LogP contribution in [0.1, 0.15) is 57.8 Å². The maximum absolute atomic E-state index is 12.5. The van der Waals surface area contributed by atoms with Crippen LogP contribution in [0.4, 0.5) is 0 Å². The zero-order chi connectivity index (χ0) is 13.1. The van der Waals surface area contributed by atoms with Gasteiger partial charge in [0.2, 0.25) is 5.91 Å². The Morgan fingerprint density at radius 2 is 1.95 bits per heavy atom. The van der Waals surface area contributed by atoms with E-state index in [4.69, 9.17) is 0 Å². The van der Waals surface area contributed by atoms with Crippen molar-refractivity contribution in [1.82, 2.24) is 10.2 Å². The van der Waals surface area contributed by atoms with E-state index in [9.17, 15) is 4.79 Å². The number of nitrogens with one attached hydrogen (secondary N) is 1. The fourth-order valence-corrected chi connectivity index (χ4v) is 4.37. The van der Waals surface area contributed by atoms with Crippen LogP contribution in [0.2, 0.25) is 0 Å². The first-order valence-electron chi connectivity index (χ1n) is 8.35. The summed E-state index contributed by atoms with van der Waals surface area (Å²) < 4.78 is 0. The topological polar surface area (TPSA) is 32.3 Å². The Morgan fingerprint density at radius 3 is 2.79 bits per heavy atom. The molecule has 1 N–H and O–H groups in total. The van der Waals surface area contributed by atoms with Crippen molar-refractivity contribution in [3.05, 3.63) is 0 Å². The van der Waals surface area contributed by atoms with E-state index in [1.807, 2.05) is 0 Å². The number of likely N-dealkylation sites (tertiary alicyclic amines) is 1. The van der Waals surface area contributed by atoms with Gasteiger partial charge in [-0.1, -0.05) is 12.8 Å². The van der Waals surface area contributed by atoms with E-state index in [2.05, 4.69) is 10.2 Å². The van der Waals surface area contributed by atoms with Crippen molar-refractivity contribution in [3.63, 3.8) is 0 Å². The summed E-state index contributed by atoms with van der Waals surface area (Å²) in [6, 6.07) is 0.594. The Balaban J connectivity index is 1.52. The molecule has 3 aliphatic rings. The molecular formula is C16H28N2O. The van der Waals surface area contributed by atoms with Gasteiger partial charge in [-0.25, -0.2) is 0 Å². The molecule has 3 rings (SSSR count). The Morgan fingerprint density at radius 1 is 1.11 bits per heavy atom. The third-order valence-electron chi connectivity index (χ3n) is 5.49. The predicted octanol–water partition coefficient (Wildman–Crippen LogP) is 2.56. The molecule has 3 fully saturated rings. The molecule has 2 saturated heterocycles. The van der Waals surface area contributed by atoms with Gasteiger partial charge in [0.25, 0.3) is 0 Å². The highest BCUT2D eigenvalue weighted by Crippen LogP contribution is 2.35. The van der Waals surface area contributed by atoms with Crippen LogP contribution in [0, 0.1) is 11.8 Å². The van der Waals surface area contributed by atoms with Crippen LogP contribution in [0.15, 0.2) is 0 Å². The lowest BCUT2D eigenvalue weighted by Gasteiger charge is -2.44. The van der Waals surface area contributed by atoms with Gasteiger partial charge < -0.3 is 10.2 Å². The molecule has 0 spiro atoms. The second-order valence-corrected chi connectivity index (χ2v) is 6.74. The first-order chi connectivity index (χ1) is 9.34.